The van der Waals surface area contributed by atoms with Gasteiger partial charge in [0.1, 0.15) is 12.3 Å². The molecule has 0 unspecified atom stereocenters. The Morgan fingerprint density at radius 1 is 1.12 bits per heavy atom. The second kappa shape index (κ2) is 10.7. The molecule has 12 heteroatoms. The first-order chi connectivity index (χ1) is 16.1. The van der Waals surface area contributed by atoms with Gasteiger partial charge in [-0.25, -0.2) is 8.42 Å². The summed E-state index contributed by atoms with van der Waals surface area (Å²) in [7, 11) is -3.94. The van der Waals surface area contributed by atoms with Crippen molar-refractivity contribution in [2.45, 2.75) is 19.1 Å². The van der Waals surface area contributed by atoms with Crippen LogP contribution in [0.4, 0.5) is 5.69 Å². The van der Waals surface area contributed by atoms with Gasteiger partial charge in [-0.3, -0.25) is 14.3 Å². The number of carbonyl (C=O) groups is 1. The van der Waals surface area contributed by atoms with E-state index >= 15 is 0 Å². The number of nitrogens with zero attached hydrogens (tertiary/aromatic N) is 1. The molecule has 180 valence electrons. The summed E-state index contributed by atoms with van der Waals surface area (Å²) < 4.78 is 28.1. The summed E-state index contributed by atoms with van der Waals surface area (Å²) in [5, 5.41) is 7.82. The van der Waals surface area contributed by atoms with Gasteiger partial charge in [0.25, 0.3) is 5.56 Å². The number of hydrogen-bond donors (Lipinski definition) is 5. The molecule has 0 saturated heterocycles. The van der Waals surface area contributed by atoms with E-state index in [1.807, 2.05) is 30.3 Å². The number of pyridine rings is 1. The fourth-order valence-electron chi connectivity index (χ4n) is 3.34. The molecule has 0 fully saturated rings. The summed E-state index contributed by atoms with van der Waals surface area (Å²) in [5.74, 6) is -1.02. The van der Waals surface area contributed by atoms with Crippen LogP contribution < -0.4 is 27.1 Å². The van der Waals surface area contributed by atoms with Gasteiger partial charge in [-0.2, -0.15) is 0 Å². The second-order valence-corrected chi connectivity index (χ2v) is 9.32. The third kappa shape index (κ3) is 6.97. The normalized spacial score (nSPS) is 11.1. The fourth-order valence-corrected chi connectivity index (χ4v) is 4.56. The molecule has 2 aromatic carbocycles. The summed E-state index contributed by atoms with van der Waals surface area (Å²) in [6, 6.07) is 14.5. The fraction of sp³-hybridized carbons (Fsp3) is 0.227. The molecular formula is C22H26N6O5S. The largest absolute Gasteiger partial charge is 0.391 e. The molecule has 0 spiro atoms. The lowest BCUT2D eigenvalue weighted by Crippen LogP contribution is -2.30. The van der Waals surface area contributed by atoms with E-state index in [1.165, 1.54) is 0 Å². The van der Waals surface area contributed by atoms with E-state index in [0.717, 1.165) is 10.8 Å². The van der Waals surface area contributed by atoms with Crippen LogP contribution >= 0.6 is 0 Å². The Morgan fingerprint density at radius 3 is 2.59 bits per heavy atom. The number of sulfonamides is 1. The number of aryl methyl sites for hydroxylation is 1. The van der Waals surface area contributed by atoms with Gasteiger partial charge in [-0.1, -0.05) is 42.5 Å². The highest BCUT2D eigenvalue weighted by Crippen LogP contribution is 2.19. The zero-order valence-electron chi connectivity index (χ0n) is 18.5. The van der Waals surface area contributed by atoms with Gasteiger partial charge in [0.2, 0.25) is 21.9 Å². The molecule has 0 atom stereocenters. The van der Waals surface area contributed by atoms with E-state index in [1.54, 1.807) is 25.1 Å². The maximum Gasteiger partial charge on any atom is 0.272 e. The number of aromatic amines is 1. The Kier molecular flexibility index (Phi) is 7.74. The number of nitrogens with two attached hydrogens (primary N) is 2. The minimum Gasteiger partial charge on any atom is -0.391 e. The Hall–Kier alpha value is -4.06. The molecule has 0 saturated carbocycles. The van der Waals surface area contributed by atoms with Gasteiger partial charge < -0.3 is 26.6 Å². The van der Waals surface area contributed by atoms with Crippen molar-refractivity contribution in [3.8, 4) is 0 Å². The SMILES string of the molecule is Cc1cc(CC(=O)NCCON=C(N)N)c(NS(=O)(=O)Cc2ccc3ccccc3c2)c(=O)[nH]1. The maximum atomic E-state index is 12.9. The first-order valence-corrected chi connectivity index (χ1v) is 12.0. The van der Waals surface area contributed by atoms with Gasteiger partial charge in [0, 0.05) is 5.69 Å². The molecule has 0 aliphatic rings. The summed E-state index contributed by atoms with van der Waals surface area (Å²) >= 11 is 0. The molecule has 1 aromatic heterocycles. The van der Waals surface area contributed by atoms with Gasteiger partial charge in [-0.05, 0) is 40.0 Å². The van der Waals surface area contributed by atoms with Crippen molar-refractivity contribution in [2.75, 3.05) is 17.9 Å². The molecule has 1 heterocycles. The summed E-state index contributed by atoms with van der Waals surface area (Å²) in [4.78, 5) is 32.2. The van der Waals surface area contributed by atoms with Crippen molar-refractivity contribution in [1.29, 1.82) is 0 Å². The first-order valence-electron chi connectivity index (χ1n) is 10.3. The highest BCUT2D eigenvalue weighted by molar-refractivity contribution is 7.91. The van der Waals surface area contributed by atoms with Crippen LogP contribution in [-0.2, 0) is 31.8 Å². The Balaban J connectivity index is 1.73. The molecule has 0 aliphatic carbocycles. The average Bonchev–Trinajstić information content (AvgIpc) is 2.75. The van der Waals surface area contributed by atoms with Crippen LogP contribution in [0.25, 0.3) is 10.8 Å². The van der Waals surface area contributed by atoms with E-state index in [9.17, 15) is 18.0 Å². The monoisotopic (exact) mass is 486 g/mol. The van der Waals surface area contributed by atoms with Crippen molar-refractivity contribution in [1.82, 2.24) is 10.3 Å². The molecule has 3 aromatic rings. The lowest BCUT2D eigenvalue weighted by Gasteiger charge is -2.13. The number of nitrogens with one attached hydrogen (secondary N) is 3. The molecule has 1 amide bonds. The highest BCUT2D eigenvalue weighted by atomic mass is 32.2. The topological polar surface area (TPSA) is 182 Å². The minimum absolute atomic E-state index is 0.0310. The molecule has 3 rings (SSSR count). The van der Waals surface area contributed by atoms with Crippen LogP contribution in [0, 0.1) is 6.92 Å². The number of H-pyrrole nitrogens is 1. The standard InChI is InChI=1S/C22H26N6O5S/c1-14-10-18(12-19(29)25-8-9-33-27-22(23)24)20(21(30)26-14)28-34(31,32)13-15-6-7-16-4-2-3-5-17(16)11-15/h2-7,10-11,28H,8-9,12-13H2,1H3,(H,25,29)(H,26,30)(H4,23,24,27). The van der Waals surface area contributed by atoms with Crippen molar-refractivity contribution in [3.05, 3.63) is 75.7 Å². The average molecular weight is 487 g/mol. The molecule has 34 heavy (non-hydrogen) atoms. The highest BCUT2D eigenvalue weighted by Gasteiger charge is 2.19. The Morgan fingerprint density at radius 2 is 1.85 bits per heavy atom. The minimum atomic E-state index is -3.94. The third-order valence-corrected chi connectivity index (χ3v) is 5.94. The predicted octanol–water partition coefficient (Wildman–Crippen LogP) is 0.642. The second-order valence-electron chi connectivity index (χ2n) is 7.60. The van der Waals surface area contributed by atoms with Crippen LogP contribution in [0.1, 0.15) is 16.8 Å². The Labute approximate surface area is 196 Å². The number of oxime groups is 1. The van der Waals surface area contributed by atoms with Crippen LogP contribution in [0.2, 0.25) is 0 Å². The summed E-state index contributed by atoms with van der Waals surface area (Å²) in [6.07, 6.45) is -0.221. The van der Waals surface area contributed by atoms with E-state index in [2.05, 4.69) is 20.2 Å². The van der Waals surface area contributed by atoms with Crippen LogP contribution in [0.3, 0.4) is 0 Å². The van der Waals surface area contributed by atoms with E-state index in [-0.39, 0.29) is 42.5 Å². The zero-order chi connectivity index (χ0) is 24.7. The van der Waals surface area contributed by atoms with E-state index in [4.69, 9.17) is 16.3 Å². The number of carbonyl (C=O) groups excluding carboxylic acids is 1. The number of aromatic nitrogens is 1. The number of amides is 1. The molecule has 7 N–H and O–H groups in total. The Bertz CT molecular complexity index is 1380. The predicted molar refractivity (Wildman–Crippen MR) is 130 cm³/mol. The van der Waals surface area contributed by atoms with Crippen molar-refractivity contribution in [3.63, 3.8) is 0 Å². The van der Waals surface area contributed by atoms with Crippen molar-refractivity contribution < 1.29 is 18.0 Å². The molecular weight excluding hydrogens is 460 g/mol. The zero-order valence-corrected chi connectivity index (χ0v) is 19.3. The maximum absolute atomic E-state index is 12.9. The number of fused-ring (bicyclic) bond motifs is 1. The van der Waals surface area contributed by atoms with Crippen molar-refractivity contribution >= 4 is 38.3 Å². The summed E-state index contributed by atoms with van der Waals surface area (Å²) in [6.45, 7) is 1.78. The number of guanidine groups is 1. The quantitative estimate of drug-likeness (QED) is 0.121. The van der Waals surface area contributed by atoms with Gasteiger partial charge in [0.05, 0.1) is 18.7 Å². The third-order valence-electron chi connectivity index (χ3n) is 4.71. The molecule has 11 nitrogen and oxygen atoms in total. The lowest BCUT2D eigenvalue weighted by molar-refractivity contribution is -0.120. The van der Waals surface area contributed by atoms with E-state index < -0.39 is 21.5 Å². The lowest BCUT2D eigenvalue weighted by atomic mass is 10.1. The van der Waals surface area contributed by atoms with Crippen molar-refractivity contribution in [2.24, 2.45) is 16.6 Å². The summed E-state index contributed by atoms with van der Waals surface area (Å²) in [5.41, 5.74) is 10.7. The molecule has 0 radical (unpaired) electrons. The van der Waals surface area contributed by atoms with Crippen LogP contribution in [0.5, 0.6) is 0 Å². The number of hydrogen-bond acceptors (Lipinski definition) is 6. The molecule has 0 aliphatic heterocycles. The van der Waals surface area contributed by atoms with Gasteiger partial charge >= 0.3 is 0 Å². The number of anilines is 1. The smallest absolute Gasteiger partial charge is 0.272 e. The molecule has 0 bridgehead atoms. The first kappa shape index (κ1) is 24.6. The number of rotatable bonds is 10. The van der Waals surface area contributed by atoms with Crippen LogP contribution in [0.15, 0.2) is 58.5 Å². The van der Waals surface area contributed by atoms with Gasteiger partial charge in [0.15, 0.2) is 0 Å². The van der Waals surface area contributed by atoms with Gasteiger partial charge in [-0.15, -0.1) is 0 Å². The van der Waals surface area contributed by atoms with Crippen LogP contribution in [-0.4, -0.2) is 38.4 Å². The number of benzene rings is 2. The van der Waals surface area contributed by atoms with E-state index in [0.29, 0.717) is 11.3 Å².